The zero-order valence-electron chi connectivity index (χ0n) is 11.4. The Kier molecular flexibility index (Phi) is 6.07. The fourth-order valence-electron chi connectivity index (χ4n) is 1.65. The molecule has 0 bridgehead atoms. The molecule has 0 heterocycles. The number of benzene rings is 1. The molecule has 0 N–H and O–H groups in total. The molecule has 104 valence electrons. The highest BCUT2D eigenvalue weighted by molar-refractivity contribution is 7.86. The van der Waals surface area contributed by atoms with Crippen LogP contribution in [0.25, 0.3) is 0 Å². The minimum Gasteiger partial charge on any atom is -0.250 e. The lowest BCUT2D eigenvalue weighted by Gasteiger charge is -2.12. The minimum absolute atomic E-state index is 0.147. The van der Waals surface area contributed by atoms with Crippen molar-refractivity contribution in [2.24, 2.45) is 0 Å². The highest BCUT2D eigenvalue weighted by Gasteiger charge is 2.20. The van der Waals surface area contributed by atoms with E-state index in [1.165, 1.54) is 12.1 Å². The van der Waals surface area contributed by atoms with E-state index < -0.39 is 16.2 Å². The van der Waals surface area contributed by atoms with Gasteiger partial charge >= 0.3 is 0 Å². The van der Waals surface area contributed by atoms with E-state index in [2.05, 4.69) is 12.8 Å². The van der Waals surface area contributed by atoms with Crippen molar-refractivity contribution in [2.45, 2.75) is 50.5 Å². The molecule has 4 heteroatoms. The van der Waals surface area contributed by atoms with Crippen LogP contribution in [0.2, 0.25) is 0 Å². The highest BCUT2D eigenvalue weighted by atomic mass is 32.2. The molecule has 0 spiro atoms. The van der Waals surface area contributed by atoms with Gasteiger partial charge in [0, 0.05) is 0 Å². The van der Waals surface area contributed by atoms with Gasteiger partial charge in [0.25, 0.3) is 10.1 Å². The SMILES string of the molecule is C#C[C@H](CCCCC)OS(=O)(=O)c1ccc(C)cc1. The van der Waals surface area contributed by atoms with Gasteiger partial charge in [0.1, 0.15) is 6.10 Å². The minimum atomic E-state index is -3.77. The largest absolute Gasteiger partial charge is 0.298 e. The van der Waals surface area contributed by atoms with Crippen LogP contribution in [0.3, 0.4) is 0 Å². The van der Waals surface area contributed by atoms with E-state index in [0.29, 0.717) is 6.42 Å². The second-order valence-corrected chi connectivity index (χ2v) is 6.09. The van der Waals surface area contributed by atoms with Crippen LogP contribution in [0.5, 0.6) is 0 Å². The summed E-state index contributed by atoms with van der Waals surface area (Å²) in [5.41, 5.74) is 0.996. The van der Waals surface area contributed by atoms with Crippen LogP contribution in [-0.2, 0) is 14.3 Å². The molecule has 0 radical (unpaired) electrons. The lowest BCUT2D eigenvalue weighted by molar-refractivity contribution is 0.249. The lowest BCUT2D eigenvalue weighted by Crippen LogP contribution is -2.17. The summed E-state index contributed by atoms with van der Waals surface area (Å²) in [6, 6.07) is 6.53. The molecule has 1 aromatic carbocycles. The maximum absolute atomic E-state index is 12.0. The molecule has 19 heavy (non-hydrogen) atoms. The van der Waals surface area contributed by atoms with E-state index in [4.69, 9.17) is 10.6 Å². The van der Waals surface area contributed by atoms with Gasteiger partial charge in [0.2, 0.25) is 0 Å². The molecule has 0 aliphatic carbocycles. The Balaban J connectivity index is 2.72. The first-order valence-corrected chi connectivity index (χ1v) is 7.86. The lowest BCUT2D eigenvalue weighted by atomic mass is 10.1. The summed E-state index contributed by atoms with van der Waals surface area (Å²) in [6.45, 7) is 3.97. The Bertz CT molecular complexity index is 524. The molecule has 0 saturated carbocycles. The van der Waals surface area contributed by atoms with Crippen LogP contribution in [-0.4, -0.2) is 14.5 Å². The van der Waals surface area contributed by atoms with Crippen molar-refractivity contribution in [1.82, 2.24) is 0 Å². The third-order valence-corrected chi connectivity index (χ3v) is 4.14. The standard InChI is InChI=1S/C15H20O3S/c1-4-6-7-8-14(5-2)18-19(16,17)15-11-9-13(3)10-12-15/h2,9-12,14H,4,6-8H2,1,3H3/t14-/m1/s1. The topological polar surface area (TPSA) is 43.4 Å². The second kappa shape index (κ2) is 7.32. The third kappa shape index (κ3) is 5.06. The number of terminal acetylenes is 1. The van der Waals surface area contributed by atoms with E-state index in [1.54, 1.807) is 12.1 Å². The van der Waals surface area contributed by atoms with Crippen molar-refractivity contribution in [3.05, 3.63) is 29.8 Å². The van der Waals surface area contributed by atoms with Gasteiger partial charge in [-0.2, -0.15) is 8.42 Å². The van der Waals surface area contributed by atoms with Crippen LogP contribution in [0.4, 0.5) is 0 Å². The first kappa shape index (κ1) is 15.7. The van der Waals surface area contributed by atoms with E-state index in [9.17, 15) is 8.42 Å². The molecule has 0 amide bonds. The van der Waals surface area contributed by atoms with Crippen molar-refractivity contribution in [3.63, 3.8) is 0 Å². The number of hydrogen-bond donors (Lipinski definition) is 0. The fourth-order valence-corrected chi connectivity index (χ4v) is 2.69. The Labute approximate surface area is 116 Å². The number of aryl methyl sites for hydroxylation is 1. The summed E-state index contributed by atoms with van der Waals surface area (Å²) < 4.78 is 29.2. The van der Waals surface area contributed by atoms with Crippen LogP contribution in [0.15, 0.2) is 29.2 Å². The number of rotatable bonds is 7. The normalized spacial score (nSPS) is 12.9. The quantitative estimate of drug-likeness (QED) is 0.437. The molecule has 0 saturated heterocycles. The molecule has 0 fully saturated rings. The first-order valence-electron chi connectivity index (χ1n) is 6.45. The van der Waals surface area contributed by atoms with Gasteiger partial charge in [-0.25, -0.2) is 4.18 Å². The summed E-state index contributed by atoms with van der Waals surface area (Å²) in [4.78, 5) is 0.147. The zero-order chi connectivity index (χ0) is 14.3. The molecule has 1 atom stereocenters. The van der Waals surface area contributed by atoms with E-state index >= 15 is 0 Å². The molecule has 0 aromatic heterocycles. The maximum Gasteiger partial charge on any atom is 0.298 e. The van der Waals surface area contributed by atoms with Crippen molar-refractivity contribution >= 4 is 10.1 Å². The average Bonchev–Trinajstić information content (AvgIpc) is 2.38. The first-order chi connectivity index (χ1) is 8.99. The molecule has 0 aliphatic rings. The molecular weight excluding hydrogens is 260 g/mol. The average molecular weight is 280 g/mol. The third-order valence-electron chi connectivity index (χ3n) is 2.81. The van der Waals surface area contributed by atoms with Gasteiger partial charge in [-0.15, -0.1) is 6.42 Å². The predicted octanol–water partition coefficient (Wildman–Crippen LogP) is 3.28. The highest BCUT2D eigenvalue weighted by Crippen LogP contribution is 2.17. The van der Waals surface area contributed by atoms with Gasteiger partial charge in [-0.1, -0.05) is 43.4 Å². The van der Waals surface area contributed by atoms with Gasteiger partial charge < -0.3 is 0 Å². The molecule has 1 rings (SSSR count). The molecule has 0 unspecified atom stereocenters. The Hall–Kier alpha value is -1.31. The number of unbranched alkanes of at least 4 members (excludes halogenated alkanes) is 2. The van der Waals surface area contributed by atoms with Crippen LogP contribution in [0, 0.1) is 19.3 Å². The zero-order valence-corrected chi connectivity index (χ0v) is 12.2. The summed E-state index contributed by atoms with van der Waals surface area (Å²) in [5, 5.41) is 0. The molecule has 3 nitrogen and oxygen atoms in total. The summed E-state index contributed by atoms with van der Waals surface area (Å²) in [5.74, 6) is 2.40. The summed E-state index contributed by atoms with van der Waals surface area (Å²) >= 11 is 0. The van der Waals surface area contributed by atoms with Gasteiger partial charge in [-0.3, -0.25) is 0 Å². The van der Waals surface area contributed by atoms with Crippen molar-refractivity contribution < 1.29 is 12.6 Å². The summed E-state index contributed by atoms with van der Waals surface area (Å²) in [7, 11) is -3.77. The van der Waals surface area contributed by atoms with Crippen molar-refractivity contribution in [1.29, 1.82) is 0 Å². The monoisotopic (exact) mass is 280 g/mol. The van der Waals surface area contributed by atoms with Gasteiger partial charge in [0.15, 0.2) is 0 Å². The number of hydrogen-bond acceptors (Lipinski definition) is 3. The summed E-state index contributed by atoms with van der Waals surface area (Å²) in [6.07, 6.45) is 8.15. The van der Waals surface area contributed by atoms with Crippen LogP contribution >= 0.6 is 0 Å². The maximum atomic E-state index is 12.0. The smallest absolute Gasteiger partial charge is 0.250 e. The molecular formula is C15H20O3S. The Morgan fingerprint density at radius 1 is 1.26 bits per heavy atom. The fraction of sp³-hybridized carbons (Fsp3) is 0.467. The van der Waals surface area contributed by atoms with Crippen molar-refractivity contribution in [3.8, 4) is 12.3 Å². The van der Waals surface area contributed by atoms with Crippen LogP contribution in [0.1, 0.15) is 38.2 Å². The molecule has 1 aromatic rings. The van der Waals surface area contributed by atoms with E-state index in [1.807, 2.05) is 6.92 Å². The second-order valence-electron chi connectivity index (χ2n) is 4.51. The Morgan fingerprint density at radius 2 is 1.89 bits per heavy atom. The Morgan fingerprint density at radius 3 is 2.42 bits per heavy atom. The van der Waals surface area contributed by atoms with Gasteiger partial charge in [-0.05, 0) is 31.9 Å². The van der Waals surface area contributed by atoms with Crippen molar-refractivity contribution in [2.75, 3.05) is 0 Å². The van der Waals surface area contributed by atoms with Gasteiger partial charge in [0.05, 0.1) is 4.90 Å². The van der Waals surface area contributed by atoms with E-state index in [-0.39, 0.29) is 4.90 Å². The van der Waals surface area contributed by atoms with E-state index in [0.717, 1.165) is 24.8 Å². The molecule has 0 aliphatic heterocycles. The predicted molar refractivity (Wildman–Crippen MR) is 76.2 cm³/mol. The van der Waals surface area contributed by atoms with Crippen LogP contribution < -0.4 is 0 Å².